The van der Waals surface area contributed by atoms with E-state index in [9.17, 15) is 14.7 Å². The first kappa shape index (κ1) is 23.4. The van der Waals surface area contributed by atoms with Gasteiger partial charge in [0, 0.05) is 31.2 Å². The lowest BCUT2D eigenvalue weighted by molar-refractivity contribution is -0.133. The number of hydrogen-bond acceptors (Lipinski definition) is 5. The molecule has 1 fully saturated rings. The number of nitrogens with one attached hydrogen (secondary N) is 1. The molecule has 0 spiro atoms. The molecule has 0 radical (unpaired) electrons. The molecule has 1 unspecified atom stereocenters. The standard InChI is InChI=1S/C26H31N3O3S/c30-17-21-10-5-4-9-20(21)15-22-18-33-25(28-22)16-27-24(31)12-13-26(32)29-14-6-11-23(29)19-7-2-1-3-8-19/h2,4-5,7-10,18,23,30H,1,3,6,11-17H2,(H,27,31). The Labute approximate surface area is 199 Å². The first-order chi connectivity index (χ1) is 16.1. The number of thiazole rings is 1. The van der Waals surface area contributed by atoms with E-state index in [0.29, 0.717) is 13.0 Å². The van der Waals surface area contributed by atoms with E-state index in [1.54, 1.807) is 0 Å². The van der Waals surface area contributed by atoms with Crippen LogP contribution in [0.3, 0.4) is 0 Å². The fraction of sp³-hybridized carbons (Fsp3) is 0.423. The second-order valence-electron chi connectivity index (χ2n) is 8.54. The van der Waals surface area contributed by atoms with Gasteiger partial charge in [-0.3, -0.25) is 9.59 Å². The Bertz CT molecular complexity index is 1040. The molecular formula is C26H31N3O3S. The van der Waals surface area contributed by atoms with Gasteiger partial charge in [-0.1, -0.05) is 42.5 Å². The molecule has 33 heavy (non-hydrogen) atoms. The van der Waals surface area contributed by atoms with Crippen LogP contribution >= 0.6 is 11.3 Å². The zero-order chi connectivity index (χ0) is 23.0. The van der Waals surface area contributed by atoms with Gasteiger partial charge in [0.05, 0.1) is 24.9 Å². The van der Waals surface area contributed by atoms with E-state index in [4.69, 9.17) is 0 Å². The van der Waals surface area contributed by atoms with E-state index in [1.165, 1.54) is 16.9 Å². The topological polar surface area (TPSA) is 82.5 Å². The Hall–Kier alpha value is -2.77. The van der Waals surface area contributed by atoms with Gasteiger partial charge < -0.3 is 15.3 Å². The van der Waals surface area contributed by atoms with E-state index in [-0.39, 0.29) is 37.3 Å². The molecule has 0 bridgehead atoms. The van der Waals surface area contributed by atoms with Gasteiger partial charge in [0.15, 0.2) is 0 Å². The fourth-order valence-electron chi connectivity index (χ4n) is 4.51. The van der Waals surface area contributed by atoms with Crippen molar-refractivity contribution in [1.82, 2.24) is 15.2 Å². The third kappa shape index (κ3) is 6.18. The van der Waals surface area contributed by atoms with Gasteiger partial charge in [-0.25, -0.2) is 4.98 Å². The van der Waals surface area contributed by atoms with Crippen LogP contribution in [0.15, 0.2) is 53.4 Å². The fourth-order valence-corrected chi connectivity index (χ4v) is 5.24. The molecule has 2 aromatic rings. The Morgan fingerprint density at radius 1 is 1.18 bits per heavy atom. The number of hydrogen-bond donors (Lipinski definition) is 2. The molecule has 1 aromatic carbocycles. The number of likely N-dealkylation sites (tertiary alicyclic amines) is 1. The molecule has 1 atom stereocenters. The molecule has 2 N–H and O–H groups in total. The summed E-state index contributed by atoms with van der Waals surface area (Å²) in [6.07, 6.45) is 11.8. The van der Waals surface area contributed by atoms with E-state index < -0.39 is 0 Å². The van der Waals surface area contributed by atoms with Gasteiger partial charge in [-0.15, -0.1) is 11.3 Å². The summed E-state index contributed by atoms with van der Waals surface area (Å²) in [4.78, 5) is 31.7. The second-order valence-corrected chi connectivity index (χ2v) is 9.48. The van der Waals surface area contributed by atoms with Crippen LogP contribution in [0.25, 0.3) is 0 Å². The number of aliphatic hydroxyl groups is 1. The van der Waals surface area contributed by atoms with Crippen LogP contribution in [0, 0.1) is 0 Å². The lowest BCUT2D eigenvalue weighted by atomic mass is 9.98. The Balaban J connectivity index is 1.22. The second kappa shape index (κ2) is 11.4. The predicted octanol–water partition coefficient (Wildman–Crippen LogP) is 3.89. The molecule has 1 saturated heterocycles. The zero-order valence-electron chi connectivity index (χ0n) is 18.8. The summed E-state index contributed by atoms with van der Waals surface area (Å²) in [5.74, 6) is -0.0649. The summed E-state index contributed by atoms with van der Waals surface area (Å²) in [6, 6.07) is 7.95. The SMILES string of the molecule is O=C(CCC(=O)N1CCCC1C1=CCCC=C1)NCc1nc(Cc2ccccc2CO)cs1. The average Bonchev–Trinajstić information content (AvgIpc) is 3.52. The van der Waals surface area contributed by atoms with E-state index in [2.05, 4.69) is 28.5 Å². The van der Waals surface area contributed by atoms with E-state index in [1.807, 2.05) is 34.5 Å². The summed E-state index contributed by atoms with van der Waals surface area (Å²) >= 11 is 1.51. The maximum Gasteiger partial charge on any atom is 0.223 e. The van der Waals surface area contributed by atoms with Gasteiger partial charge in [-0.2, -0.15) is 0 Å². The van der Waals surface area contributed by atoms with Crippen molar-refractivity contribution in [2.45, 2.75) is 64.1 Å². The number of nitrogens with zero attached hydrogens (tertiary/aromatic N) is 2. The molecule has 1 aliphatic heterocycles. The van der Waals surface area contributed by atoms with Crippen molar-refractivity contribution in [1.29, 1.82) is 0 Å². The molecule has 4 rings (SSSR count). The number of amides is 2. The van der Waals surface area contributed by atoms with Crippen molar-refractivity contribution in [2.24, 2.45) is 0 Å². The maximum atomic E-state index is 12.8. The molecular weight excluding hydrogens is 434 g/mol. The number of aromatic nitrogens is 1. The lowest BCUT2D eigenvalue weighted by Crippen LogP contribution is -2.37. The maximum absolute atomic E-state index is 12.8. The van der Waals surface area contributed by atoms with Crippen molar-refractivity contribution >= 4 is 23.2 Å². The van der Waals surface area contributed by atoms with E-state index >= 15 is 0 Å². The van der Waals surface area contributed by atoms with Crippen molar-refractivity contribution in [3.8, 4) is 0 Å². The highest BCUT2D eigenvalue weighted by Crippen LogP contribution is 2.28. The van der Waals surface area contributed by atoms with Crippen LogP contribution in [0.2, 0.25) is 0 Å². The molecule has 0 saturated carbocycles. The van der Waals surface area contributed by atoms with Crippen LogP contribution in [-0.2, 0) is 29.2 Å². The van der Waals surface area contributed by atoms with Gasteiger partial charge in [-0.05, 0) is 42.4 Å². The number of benzene rings is 1. The Morgan fingerprint density at radius 3 is 2.82 bits per heavy atom. The van der Waals surface area contributed by atoms with Gasteiger partial charge in [0.2, 0.25) is 11.8 Å². The molecule has 2 aliphatic rings. The molecule has 2 heterocycles. The first-order valence-corrected chi connectivity index (χ1v) is 12.6. The number of aliphatic hydroxyl groups excluding tert-OH is 1. The van der Waals surface area contributed by atoms with E-state index in [0.717, 1.165) is 54.1 Å². The summed E-state index contributed by atoms with van der Waals surface area (Å²) in [5, 5.41) is 15.2. The molecule has 2 amide bonds. The van der Waals surface area contributed by atoms with Gasteiger partial charge in [0.25, 0.3) is 0 Å². The van der Waals surface area contributed by atoms with Crippen LogP contribution in [0.4, 0.5) is 0 Å². The van der Waals surface area contributed by atoms with Crippen molar-refractivity contribution in [2.75, 3.05) is 6.54 Å². The molecule has 7 heteroatoms. The van der Waals surface area contributed by atoms with Crippen molar-refractivity contribution < 1.29 is 14.7 Å². The molecule has 6 nitrogen and oxygen atoms in total. The molecule has 174 valence electrons. The summed E-state index contributed by atoms with van der Waals surface area (Å²) < 4.78 is 0. The summed E-state index contributed by atoms with van der Waals surface area (Å²) in [6.45, 7) is 1.15. The predicted molar refractivity (Wildman–Crippen MR) is 130 cm³/mol. The van der Waals surface area contributed by atoms with Gasteiger partial charge in [0.1, 0.15) is 5.01 Å². The molecule has 1 aliphatic carbocycles. The monoisotopic (exact) mass is 465 g/mol. The number of allylic oxidation sites excluding steroid dienone is 2. The average molecular weight is 466 g/mol. The minimum Gasteiger partial charge on any atom is -0.392 e. The number of rotatable bonds is 9. The van der Waals surface area contributed by atoms with Crippen LogP contribution in [0.1, 0.15) is 60.4 Å². The highest BCUT2D eigenvalue weighted by Gasteiger charge is 2.30. The quantitative estimate of drug-likeness (QED) is 0.589. The normalized spacial score (nSPS) is 17.8. The summed E-state index contributed by atoms with van der Waals surface area (Å²) in [5.41, 5.74) is 4.13. The van der Waals surface area contributed by atoms with Crippen LogP contribution in [-0.4, -0.2) is 39.4 Å². The van der Waals surface area contributed by atoms with Gasteiger partial charge >= 0.3 is 0 Å². The van der Waals surface area contributed by atoms with Crippen molar-refractivity contribution in [3.05, 3.63) is 75.3 Å². The third-order valence-corrected chi connectivity index (χ3v) is 7.14. The minimum absolute atomic E-state index is 0.00835. The van der Waals surface area contributed by atoms with Crippen LogP contribution < -0.4 is 5.32 Å². The lowest BCUT2D eigenvalue weighted by Gasteiger charge is -2.27. The Kier molecular flexibility index (Phi) is 8.07. The third-order valence-electron chi connectivity index (χ3n) is 6.24. The minimum atomic E-state index is -0.127. The summed E-state index contributed by atoms with van der Waals surface area (Å²) in [7, 11) is 0. The number of carbonyl (C=O) groups excluding carboxylic acids is 2. The zero-order valence-corrected chi connectivity index (χ0v) is 19.7. The highest BCUT2D eigenvalue weighted by molar-refractivity contribution is 7.09. The number of carbonyl (C=O) groups is 2. The largest absolute Gasteiger partial charge is 0.392 e. The van der Waals surface area contributed by atoms with Crippen molar-refractivity contribution in [3.63, 3.8) is 0 Å². The highest BCUT2D eigenvalue weighted by atomic mass is 32.1. The Morgan fingerprint density at radius 2 is 2.03 bits per heavy atom. The van der Waals surface area contributed by atoms with Crippen LogP contribution in [0.5, 0.6) is 0 Å². The smallest absolute Gasteiger partial charge is 0.223 e. The first-order valence-electron chi connectivity index (χ1n) is 11.7. The molecule has 1 aromatic heterocycles.